The lowest BCUT2D eigenvalue weighted by Gasteiger charge is -2.14. The van der Waals surface area contributed by atoms with Gasteiger partial charge in [-0.3, -0.25) is 14.4 Å². The zero-order valence-corrected chi connectivity index (χ0v) is 19.6. The van der Waals surface area contributed by atoms with Crippen molar-refractivity contribution in [1.82, 2.24) is 0 Å². The third kappa shape index (κ3) is 7.67. The predicted octanol–water partition coefficient (Wildman–Crippen LogP) is 6.59. The lowest BCUT2D eigenvalue weighted by Crippen LogP contribution is -2.19. The summed E-state index contributed by atoms with van der Waals surface area (Å²) in [7, 11) is 0. The van der Waals surface area contributed by atoms with Gasteiger partial charge < -0.3 is 9.47 Å². The number of aldehydes is 1. The summed E-state index contributed by atoms with van der Waals surface area (Å²) in [6.45, 7) is 5.73. The summed E-state index contributed by atoms with van der Waals surface area (Å²) < 4.78 is 10.5. The minimum absolute atomic E-state index is 0.0199. The molecular formula is C27H32O6. The molecule has 0 fully saturated rings. The van der Waals surface area contributed by atoms with Crippen LogP contribution < -0.4 is 4.74 Å². The van der Waals surface area contributed by atoms with Crippen molar-refractivity contribution in [2.24, 2.45) is 0 Å². The molecule has 0 saturated carbocycles. The minimum atomic E-state index is -0.933. The second kappa shape index (κ2) is 13.3. The maximum Gasteiger partial charge on any atom is 0.514 e. The number of unbranched alkanes of at least 4 members (excludes halogenated alkanes) is 4. The van der Waals surface area contributed by atoms with E-state index in [-0.39, 0.29) is 34.3 Å². The van der Waals surface area contributed by atoms with Gasteiger partial charge in [-0.2, -0.15) is 0 Å². The molecule has 0 heterocycles. The molecule has 0 bridgehead atoms. The Kier molecular flexibility index (Phi) is 10.5. The summed E-state index contributed by atoms with van der Waals surface area (Å²) in [5, 5.41) is 0. The van der Waals surface area contributed by atoms with Gasteiger partial charge >= 0.3 is 6.16 Å². The van der Waals surface area contributed by atoms with E-state index < -0.39 is 11.9 Å². The summed E-state index contributed by atoms with van der Waals surface area (Å²) in [5.74, 6) is -0.618. The highest BCUT2D eigenvalue weighted by atomic mass is 16.7. The highest BCUT2D eigenvalue weighted by molar-refractivity contribution is 6.15. The van der Waals surface area contributed by atoms with Crippen molar-refractivity contribution in [3.05, 3.63) is 64.7 Å². The smallest absolute Gasteiger partial charge is 0.431 e. The molecular weight excluding hydrogens is 420 g/mol. The fourth-order valence-electron chi connectivity index (χ4n) is 3.32. The van der Waals surface area contributed by atoms with E-state index in [2.05, 4.69) is 6.92 Å². The minimum Gasteiger partial charge on any atom is -0.431 e. The van der Waals surface area contributed by atoms with Crippen LogP contribution in [0.2, 0.25) is 0 Å². The Hall–Kier alpha value is -3.28. The second-order valence-corrected chi connectivity index (χ2v) is 8.02. The largest absolute Gasteiger partial charge is 0.514 e. The number of ether oxygens (including phenoxy) is 2. The molecule has 0 aliphatic rings. The molecule has 2 aromatic carbocycles. The SMILES string of the molecule is CCCCCCCC(=O)c1ccc(OC(=O)OC(C)CC)c(C(=O)c2ccccc2C=O)c1. The van der Waals surface area contributed by atoms with E-state index in [1.807, 2.05) is 6.92 Å². The highest BCUT2D eigenvalue weighted by Gasteiger charge is 2.22. The first kappa shape index (κ1) is 26.0. The maximum absolute atomic E-state index is 13.3. The summed E-state index contributed by atoms with van der Waals surface area (Å²) in [4.78, 5) is 49.7. The zero-order valence-electron chi connectivity index (χ0n) is 19.6. The topological polar surface area (TPSA) is 86.7 Å². The van der Waals surface area contributed by atoms with Gasteiger partial charge in [0.2, 0.25) is 0 Å². The van der Waals surface area contributed by atoms with E-state index in [9.17, 15) is 19.2 Å². The van der Waals surface area contributed by atoms with Crippen molar-refractivity contribution in [2.75, 3.05) is 0 Å². The van der Waals surface area contributed by atoms with Crippen LogP contribution in [-0.4, -0.2) is 30.1 Å². The fraction of sp³-hybridized carbons (Fsp3) is 0.407. The molecule has 0 spiro atoms. The normalized spacial score (nSPS) is 11.5. The molecule has 6 heteroatoms. The van der Waals surface area contributed by atoms with Crippen LogP contribution in [0.1, 0.15) is 102 Å². The third-order valence-corrected chi connectivity index (χ3v) is 5.45. The molecule has 0 radical (unpaired) electrons. The highest BCUT2D eigenvalue weighted by Crippen LogP contribution is 2.26. The summed E-state index contributed by atoms with van der Waals surface area (Å²) >= 11 is 0. The van der Waals surface area contributed by atoms with Crippen molar-refractivity contribution in [1.29, 1.82) is 0 Å². The first-order chi connectivity index (χ1) is 15.9. The van der Waals surface area contributed by atoms with Gasteiger partial charge in [-0.15, -0.1) is 0 Å². The average molecular weight is 453 g/mol. The summed E-state index contributed by atoms with van der Waals surface area (Å²) in [5.41, 5.74) is 0.766. The van der Waals surface area contributed by atoms with E-state index in [1.54, 1.807) is 25.1 Å². The van der Waals surface area contributed by atoms with Gasteiger partial charge in [-0.1, -0.05) is 63.8 Å². The number of carbonyl (C=O) groups excluding carboxylic acids is 4. The molecule has 2 aromatic rings. The molecule has 6 nitrogen and oxygen atoms in total. The van der Waals surface area contributed by atoms with Gasteiger partial charge in [0.15, 0.2) is 17.9 Å². The number of Topliss-reactive ketones (excluding diaryl/α,β-unsaturated/α-hetero) is 1. The predicted molar refractivity (Wildman–Crippen MR) is 126 cm³/mol. The standard InChI is InChI=1S/C27H32O6/c1-4-6-7-8-9-14-24(29)20-15-16-25(33-27(31)32-19(3)5-2)23(17-20)26(30)22-13-11-10-12-21(22)18-28/h10-13,15-19H,4-9,14H2,1-3H3. The molecule has 0 saturated heterocycles. The van der Waals surface area contributed by atoms with Crippen LogP contribution in [0.5, 0.6) is 5.75 Å². The number of rotatable bonds is 13. The molecule has 0 aliphatic heterocycles. The Morgan fingerprint density at radius 3 is 2.36 bits per heavy atom. The maximum atomic E-state index is 13.3. The fourth-order valence-corrected chi connectivity index (χ4v) is 3.32. The molecule has 0 amide bonds. The Bertz CT molecular complexity index is 978. The number of hydrogen-bond donors (Lipinski definition) is 0. The Balaban J connectivity index is 2.33. The third-order valence-electron chi connectivity index (χ3n) is 5.45. The molecule has 0 N–H and O–H groups in total. The summed E-state index contributed by atoms with van der Waals surface area (Å²) in [6.07, 6.45) is 5.40. The van der Waals surface area contributed by atoms with Crippen LogP contribution in [0.4, 0.5) is 4.79 Å². The van der Waals surface area contributed by atoms with Crippen LogP contribution in [0, 0.1) is 0 Å². The van der Waals surface area contributed by atoms with Crippen molar-refractivity contribution in [3.8, 4) is 5.75 Å². The lowest BCUT2D eigenvalue weighted by atomic mass is 9.95. The number of carbonyl (C=O) groups is 4. The molecule has 0 aliphatic carbocycles. The Morgan fingerprint density at radius 2 is 1.67 bits per heavy atom. The second-order valence-electron chi connectivity index (χ2n) is 8.02. The quantitative estimate of drug-likeness (QED) is 0.112. The molecule has 176 valence electrons. The van der Waals surface area contributed by atoms with E-state index in [0.717, 1.165) is 32.1 Å². The van der Waals surface area contributed by atoms with Gasteiger partial charge in [0.1, 0.15) is 11.9 Å². The molecule has 33 heavy (non-hydrogen) atoms. The zero-order chi connectivity index (χ0) is 24.2. The van der Waals surface area contributed by atoms with Gasteiger partial charge in [0, 0.05) is 23.1 Å². The van der Waals surface area contributed by atoms with Gasteiger partial charge in [0.25, 0.3) is 0 Å². The Labute approximate surface area is 195 Å². The van der Waals surface area contributed by atoms with Crippen LogP contribution in [0.25, 0.3) is 0 Å². The van der Waals surface area contributed by atoms with E-state index >= 15 is 0 Å². The number of hydrogen-bond acceptors (Lipinski definition) is 6. The van der Waals surface area contributed by atoms with E-state index in [1.165, 1.54) is 24.3 Å². The van der Waals surface area contributed by atoms with Crippen molar-refractivity contribution < 1.29 is 28.7 Å². The summed E-state index contributed by atoms with van der Waals surface area (Å²) in [6, 6.07) is 10.8. The van der Waals surface area contributed by atoms with E-state index in [0.29, 0.717) is 24.7 Å². The monoisotopic (exact) mass is 452 g/mol. The van der Waals surface area contributed by atoms with Crippen LogP contribution in [0.15, 0.2) is 42.5 Å². The number of ketones is 2. The van der Waals surface area contributed by atoms with Crippen LogP contribution in [-0.2, 0) is 4.74 Å². The van der Waals surface area contributed by atoms with Gasteiger partial charge in [0.05, 0.1) is 5.56 Å². The first-order valence-electron chi connectivity index (χ1n) is 11.6. The molecule has 1 unspecified atom stereocenters. The van der Waals surface area contributed by atoms with Crippen LogP contribution in [0.3, 0.4) is 0 Å². The van der Waals surface area contributed by atoms with Crippen LogP contribution >= 0.6 is 0 Å². The van der Waals surface area contributed by atoms with Gasteiger partial charge in [-0.05, 0) is 38.0 Å². The van der Waals surface area contributed by atoms with E-state index in [4.69, 9.17) is 9.47 Å². The Morgan fingerprint density at radius 1 is 0.939 bits per heavy atom. The molecule has 1 atom stereocenters. The molecule has 2 rings (SSSR count). The van der Waals surface area contributed by atoms with Crippen molar-refractivity contribution in [2.45, 2.75) is 71.8 Å². The number of benzene rings is 2. The average Bonchev–Trinajstić information content (AvgIpc) is 2.83. The lowest BCUT2D eigenvalue weighted by molar-refractivity contribution is 0.0640. The first-order valence-corrected chi connectivity index (χ1v) is 11.6. The van der Waals surface area contributed by atoms with Crippen molar-refractivity contribution in [3.63, 3.8) is 0 Å². The molecule has 0 aromatic heterocycles. The van der Waals surface area contributed by atoms with Crippen molar-refractivity contribution >= 4 is 24.0 Å². The van der Waals surface area contributed by atoms with Gasteiger partial charge in [-0.25, -0.2) is 4.79 Å².